The molecule has 1 unspecified atom stereocenters. The lowest BCUT2D eigenvalue weighted by Gasteiger charge is -2.32. The van der Waals surface area contributed by atoms with Gasteiger partial charge in [-0.25, -0.2) is 4.68 Å². The molecule has 1 aliphatic rings. The minimum Gasteiger partial charge on any atom is -0.368 e. The van der Waals surface area contributed by atoms with Crippen LogP contribution in [0.1, 0.15) is 30.4 Å². The molecule has 4 rings (SSSR count). The molecule has 158 valence electrons. The van der Waals surface area contributed by atoms with Crippen LogP contribution in [0.4, 0.5) is 0 Å². The van der Waals surface area contributed by atoms with Gasteiger partial charge in [0.2, 0.25) is 11.8 Å². The van der Waals surface area contributed by atoms with Crippen LogP contribution in [-0.2, 0) is 9.59 Å². The van der Waals surface area contributed by atoms with Crippen LogP contribution in [0.3, 0.4) is 0 Å². The maximum Gasteiger partial charge on any atom is 0.247 e. The zero-order valence-corrected chi connectivity index (χ0v) is 17.6. The van der Waals surface area contributed by atoms with Gasteiger partial charge in [0.1, 0.15) is 6.04 Å². The summed E-state index contributed by atoms with van der Waals surface area (Å²) in [5.74, 6) is -0.649. The van der Waals surface area contributed by atoms with Crippen LogP contribution >= 0.6 is 0 Å². The fourth-order valence-corrected chi connectivity index (χ4v) is 3.91. The standard InChI is InChI=1S/C25H26N4O2/c1-18-10-12-19(13-11-18)24-20(17-29(27-24)21-7-3-2-4-8-21)14-15-23(30)28-16-6-5-9-22(28)25(26)31/h2-4,7-8,10-15,17,22H,5-6,9,16H2,1H3,(H2,26,31)/b15-14+. The molecule has 0 aliphatic carbocycles. The Balaban J connectivity index is 1.67. The molecule has 6 nitrogen and oxygen atoms in total. The summed E-state index contributed by atoms with van der Waals surface area (Å²) in [5, 5.41) is 4.78. The van der Waals surface area contributed by atoms with Crippen molar-refractivity contribution in [2.75, 3.05) is 6.54 Å². The molecule has 2 amide bonds. The Bertz CT molecular complexity index is 1100. The minimum absolute atomic E-state index is 0.203. The van der Waals surface area contributed by atoms with Crippen molar-refractivity contribution in [3.8, 4) is 16.9 Å². The number of aryl methyl sites for hydroxylation is 1. The van der Waals surface area contributed by atoms with E-state index in [-0.39, 0.29) is 5.91 Å². The number of hydrogen-bond donors (Lipinski definition) is 1. The summed E-state index contributed by atoms with van der Waals surface area (Å²) < 4.78 is 1.81. The van der Waals surface area contributed by atoms with Gasteiger partial charge < -0.3 is 10.6 Å². The van der Waals surface area contributed by atoms with Crippen molar-refractivity contribution in [2.24, 2.45) is 5.73 Å². The third-order valence-electron chi connectivity index (χ3n) is 5.61. The summed E-state index contributed by atoms with van der Waals surface area (Å²) in [6.07, 6.45) is 7.61. The molecule has 2 aromatic carbocycles. The van der Waals surface area contributed by atoms with Gasteiger partial charge in [-0.05, 0) is 44.4 Å². The lowest BCUT2D eigenvalue weighted by Crippen LogP contribution is -2.49. The molecule has 31 heavy (non-hydrogen) atoms. The normalized spacial score (nSPS) is 16.5. The lowest BCUT2D eigenvalue weighted by molar-refractivity contribution is -0.137. The Hall–Kier alpha value is -3.67. The highest BCUT2D eigenvalue weighted by molar-refractivity contribution is 5.96. The number of para-hydroxylation sites is 1. The number of benzene rings is 2. The number of nitrogens with two attached hydrogens (primary N) is 1. The number of carbonyl (C=O) groups is 2. The fourth-order valence-electron chi connectivity index (χ4n) is 3.91. The Kier molecular flexibility index (Phi) is 5.98. The topological polar surface area (TPSA) is 81.2 Å². The first-order valence-corrected chi connectivity index (χ1v) is 10.5. The number of rotatable bonds is 5. The number of carbonyl (C=O) groups excluding carboxylic acids is 2. The van der Waals surface area contributed by atoms with Crippen molar-refractivity contribution in [3.63, 3.8) is 0 Å². The first-order chi connectivity index (χ1) is 15.0. The summed E-state index contributed by atoms with van der Waals surface area (Å²) in [6, 6.07) is 17.5. The van der Waals surface area contributed by atoms with E-state index in [1.165, 1.54) is 11.6 Å². The highest BCUT2D eigenvalue weighted by atomic mass is 16.2. The number of nitrogens with zero attached hydrogens (tertiary/aromatic N) is 3. The average molecular weight is 415 g/mol. The van der Waals surface area contributed by atoms with Crippen LogP contribution in [0.15, 0.2) is 66.9 Å². The minimum atomic E-state index is -0.533. The van der Waals surface area contributed by atoms with E-state index >= 15 is 0 Å². The molecule has 0 bridgehead atoms. The third kappa shape index (κ3) is 4.58. The maximum atomic E-state index is 12.9. The second kappa shape index (κ2) is 9.00. The molecule has 6 heteroatoms. The highest BCUT2D eigenvalue weighted by Crippen LogP contribution is 2.26. The van der Waals surface area contributed by atoms with E-state index in [2.05, 4.69) is 0 Å². The molecular weight excluding hydrogens is 388 g/mol. The van der Waals surface area contributed by atoms with Crippen LogP contribution in [0.5, 0.6) is 0 Å². The van der Waals surface area contributed by atoms with E-state index in [4.69, 9.17) is 10.8 Å². The van der Waals surface area contributed by atoms with Gasteiger partial charge in [0.05, 0.1) is 11.4 Å². The van der Waals surface area contributed by atoms with Gasteiger partial charge >= 0.3 is 0 Å². The molecule has 0 saturated carbocycles. The first-order valence-electron chi connectivity index (χ1n) is 10.5. The number of piperidine rings is 1. The second-order valence-electron chi connectivity index (χ2n) is 7.86. The van der Waals surface area contributed by atoms with Crippen LogP contribution in [-0.4, -0.2) is 39.1 Å². The SMILES string of the molecule is Cc1ccc(-c2nn(-c3ccccc3)cc2/C=C/C(=O)N2CCCCC2C(N)=O)cc1. The lowest BCUT2D eigenvalue weighted by atomic mass is 10.0. The van der Waals surface area contributed by atoms with Gasteiger partial charge in [0.25, 0.3) is 0 Å². The van der Waals surface area contributed by atoms with Crippen molar-refractivity contribution < 1.29 is 9.59 Å². The first kappa shape index (κ1) is 20.6. The molecule has 1 saturated heterocycles. The summed E-state index contributed by atoms with van der Waals surface area (Å²) in [4.78, 5) is 26.2. The molecule has 1 atom stereocenters. The van der Waals surface area contributed by atoms with Crippen molar-refractivity contribution in [1.29, 1.82) is 0 Å². The van der Waals surface area contributed by atoms with E-state index in [9.17, 15) is 9.59 Å². The molecule has 2 N–H and O–H groups in total. The molecule has 0 radical (unpaired) electrons. The largest absolute Gasteiger partial charge is 0.368 e. The number of hydrogen-bond acceptors (Lipinski definition) is 3. The van der Waals surface area contributed by atoms with Crippen LogP contribution in [0, 0.1) is 6.92 Å². The summed E-state index contributed by atoms with van der Waals surface area (Å²) in [7, 11) is 0. The molecule has 2 heterocycles. The van der Waals surface area contributed by atoms with Gasteiger partial charge in [-0.2, -0.15) is 5.10 Å². The van der Waals surface area contributed by atoms with E-state index in [1.807, 2.05) is 72.4 Å². The van der Waals surface area contributed by atoms with Gasteiger partial charge in [-0.15, -0.1) is 0 Å². The number of likely N-dealkylation sites (tertiary alicyclic amines) is 1. The quantitative estimate of drug-likeness (QED) is 0.646. The Morgan fingerprint density at radius 1 is 1.06 bits per heavy atom. The van der Waals surface area contributed by atoms with E-state index < -0.39 is 11.9 Å². The van der Waals surface area contributed by atoms with Gasteiger partial charge in [-0.1, -0.05) is 48.0 Å². The van der Waals surface area contributed by atoms with Crippen molar-refractivity contribution in [1.82, 2.24) is 14.7 Å². The molecule has 0 spiro atoms. The maximum absolute atomic E-state index is 12.9. The number of aromatic nitrogens is 2. The Labute approximate surface area is 182 Å². The number of primary amides is 1. The summed E-state index contributed by atoms with van der Waals surface area (Å²) >= 11 is 0. The van der Waals surface area contributed by atoms with E-state index in [1.54, 1.807) is 11.0 Å². The Morgan fingerprint density at radius 2 is 1.81 bits per heavy atom. The molecule has 1 aliphatic heterocycles. The van der Waals surface area contributed by atoms with Crippen molar-refractivity contribution in [2.45, 2.75) is 32.2 Å². The zero-order chi connectivity index (χ0) is 21.8. The molecule has 1 aromatic heterocycles. The van der Waals surface area contributed by atoms with Gasteiger partial charge in [0, 0.05) is 29.9 Å². The summed E-state index contributed by atoms with van der Waals surface area (Å²) in [6.45, 7) is 2.59. The zero-order valence-electron chi connectivity index (χ0n) is 17.6. The van der Waals surface area contributed by atoms with Gasteiger partial charge in [-0.3, -0.25) is 9.59 Å². The average Bonchev–Trinajstić information content (AvgIpc) is 3.23. The monoisotopic (exact) mass is 414 g/mol. The van der Waals surface area contributed by atoms with Crippen molar-refractivity contribution >= 4 is 17.9 Å². The van der Waals surface area contributed by atoms with Crippen LogP contribution in [0.25, 0.3) is 23.0 Å². The molecular formula is C25H26N4O2. The van der Waals surface area contributed by atoms with Crippen LogP contribution in [0.2, 0.25) is 0 Å². The number of amides is 2. The van der Waals surface area contributed by atoms with Crippen LogP contribution < -0.4 is 5.73 Å². The predicted molar refractivity (Wildman–Crippen MR) is 121 cm³/mol. The second-order valence-corrected chi connectivity index (χ2v) is 7.86. The Morgan fingerprint density at radius 3 is 2.52 bits per heavy atom. The highest BCUT2D eigenvalue weighted by Gasteiger charge is 2.29. The van der Waals surface area contributed by atoms with E-state index in [0.29, 0.717) is 13.0 Å². The summed E-state index contributed by atoms with van der Waals surface area (Å²) in [5.41, 5.74) is 10.2. The third-order valence-corrected chi connectivity index (χ3v) is 5.61. The fraction of sp³-hybridized carbons (Fsp3) is 0.240. The molecule has 3 aromatic rings. The molecule has 1 fully saturated rings. The van der Waals surface area contributed by atoms with Crippen molar-refractivity contribution in [3.05, 3.63) is 78.0 Å². The predicted octanol–water partition coefficient (Wildman–Crippen LogP) is 3.73. The van der Waals surface area contributed by atoms with E-state index in [0.717, 1.165) is 35.3 Å². The smallest absolute Gasteiger partial charge is 0.247 e. The van der Waals surface area contributed by atoms with Gasteiger partial charge in [0.15, 0.2) is 0 Å².